The van der Waals surface area contributed by atoms with Crippen molar-refractivity contribution in [2.75, 3.05) is 74.2 Å². The molecule has 3 saturated heterocycles. The van der Waals surface area contributed by atoms with Gasteiger partial charge in [-0.2, -0.15) is 10.1 Å². The summed E-state index contributed by atoms with van der Waals surface area (Å²) in [5.41, 5.74) is 9.14. The van der Waals surface area contributed by atoms with Crippen LogP contribution in [0.25, 0.3) is 33.4 Å². The summed E-state index contributed by atoms with van der Waals surface area (Å²) in [6.07, 6.45) is 4.46. The topological polar surface area (TPSA) is 178 Å². The van der Waals surface area contributed by atoms with Gasteiger partial charge >= 0.3 is 6.03 Å². The summed E-state index contributed by atoms with van der Waals surface area (Å²) in [5, 5.41) is 17.9. The van der Waals surface area contributed by atoms with Gasteiger partial charge in [0.2, 0.25) is 11.8 Å². The van der Waals surface area contributed by atoms with Crippen molar-refractivity contribution in [3.8, 4) is 28.1 Å². The van der Waals surface area contributed by atoms with Crippen LogP contribution in [0.5, 0.6) is 5.75 Å². The van der Waals surface area contributed by atoms with Gasteiger partial charge in [-0.15, -0.1) is 0 Å². The molecule has 6 heterocycles. The van der Waals surface area contributed by atoms with Crippen molar-refractivity contribution in [3.05, 3.63) is 95.8 Å². The Morgan fingerprint density at radius 2 is 1.63 bits per heavy atom. The molecule has 6 aromatic rings. The Bertz CT molecular complexity index is 2710. The van der Waals surface area contributed by atoms with Gasteiger partial charge in [0, 0.05) is 98.3 Å². The molecule has 16 nitrogen and oxygen atoms in total. The van der Waals surface area contributed by atoms with Crippen LogP contribution in [0.2, 0.25) is 0 Å². The van der Waals surface area contributed by atoms with Crippen molar-refractivity contribution in [2.24, 2.45) is 5.92 Å². The number of ether oxygens (including phenoxy) is 1. The SMILES string of the molecule is COc1cc(-c2cnc3n[nH]c(-c4ccc([C@@H](C)NC(=O)c5noc(C(C)(C)C)n5)c(C)c4)c3c2)ccc1N1CCN(CC2CCN(c3ccc(N4CCC(=O)NC4=O)cc3)CC2)CC1. The second kappa shape index (κ2) is 18.0. The van der Waals surface area contributed by atoms with Crippen LogP contribution in [0.1, 0.15) is 80.6 Å². The molecule has 3 fully saturated rings. The molecule has 3 aromatic heterocycles. The van der Waals surface area contributed by atoms with E-state index < -0.39 is 0 Å². The summed E-state index contributed by atoms with van der Waals surface area (Å²) in [4.78, 5) is 54.9. The van der Waals surface area contributed by atoms with E-state index in [1.807, 2.05) is 65.1 Å². The minimum absolute atomic E-state index is 0.0177. The predicted octanol–water partition coefficient (Wildman–Crippen LogP) is 7.27. The maximum atomic E-state index is 13.0. The summed E-state index contributed by atoms with van der Waals surface area (Å²) in [6.45, 7) is 17.2. The van der Waals surface area contributed by atoms with Crippen LogP contribution in [0.4, 0.5) is 21.9 Å². The van der Waals surface area contributed by atoms with Crippen LogP contribution >= 0.6 is 0 Å². The van der Waals surface area contributed by atoms with Crippen molar-refractivity contribution >= 4 is 45.9 Å². The maximum absolute atomic E-state index is 13.0. The normalized spacial score (nSPS) is 17.1. The van der Waals surface area contributed by atoms with Gasteiger partial charge in [-0.25, -0.2) is 9.78 Å². The Morgan fingerprint density at radius 1 is 0.892 bits per heavy atom. The molecule has 0 saturated carbocycles. The van der Waals surface area contributed by atoms with Gasteiger partial charge in [-0.3, -0.25) is 29.8 Å². The zero-order valence-electron chi connectivity index (χ0n) is 38.0. The number of benzene rings is 3. The highest BCUT2D eigenvalue weighted by molar-refractivity contribution is 6.05. The number of aromatic amines is 1. The first kappa shape index (κ1) is 43.4. The third-order valence-electron chi connectivity index (χ3n) is 13.0. The summed E-state index contributed by atoms with van der Waals surface area (Å²) in [7, 11) is 1.73. The molecule has 65 heavy (non-hydrogen) atoms. The fourth-order valence-corrected chi connectivity index (χ4v) is 9.24. The van der Waals surface area contributed by atoms with Gasteiger partial charge in [0.15, 0.2) is 5.65 Å². The van der Waals surface area contributed by atoms with Gasteiger partial charge in [0.25, 0.3) is 11.7 Å². The molecule has 0 bridgehead atoms. The van der Waals surface area contributed by atoms with Crippen molar-refractivity contribution in [1.29, 1.82) is 0 Å². The van der Waals surface area contributed by atoms with Gasteiger partial charge in [-0.05, 0) is 97.8 Å². The average molecular weight is 880 g/mol. The van der Waals surface area contributed by atoms with E-state index in [0.717, 1.165) is 115 Å². The second-order valence-electron chi connectivity index (χ2n) is 18.5. The summed E-state index contributed by atoms with van der Waals surface area (Å²) in [5.74, 6) is 1.31. The third kappa shape index (κ3) is 9.26. The maximum Gasteiger partial charge on any atom is 0.328 e. The smallest absolute Gasteiger partial charge is 0.328 e. The van der Waals surface area contributed by atoms with Gasteiger partial charge in [-0.1, -0.05) is 44.1 Å². The van der Waals surface area contributed by atoms with Crippen LogP contribution in [0, 0.1) is 12.8 Å². The highest BCUT2D eigenvalue weighted by Gasteiger charge is 2.28. The average Bonchev–Trinajstić information content (AvgIpc) is 3.99. The molecule has 3 aliphatic heterocycles. The van der Waals surface area contributed by atoms with Crippen molar-refractivity contribution in [2.45, 2.75) is 65.3 Å². The van der Waals surface area contributed by atoms with Crippen molar-refractivity contribution in [3.63, 3.8) is 0 Å². The van der Waals surface area contributed by atoms with Gasteiger partial charge in [0.1, 0.15) is 5.75 Å². The number of pyridine rings is 1. The first-order chi connectivity index (χ1) is 31.3. The Morgan fingerprint density at radius 3 is 2.32 bits per heavy atom. The number of rotatable bonds is 11. The number of fused-ring (bicyclic) bond motifs is 1. The molecule has 1 atom stereocenters. The number of piperazine rings is 1. The lowest BCUT2D eigenvalue weighted by atomic mass is 9.95. The molecular weight excluding hydrogens is 823 g/mol. The number of aromatic nitrogens is 5. The molecule has 0 aliphatic carbocycles. The number of anilines is 3. The molecule has 0 unspecified atom stereocenters. The highest BCUT2D eigenvalue weighted by atomic mass is 16.5. The molecule has 3 aromatic carbocycles. The number of imide groups is 1. The molecule has 16 heteroatoms. The number of aryl methyl sites for hydroxylation is 1. The first-order valence-electron chi connectivity index (χ1n) is 22.5. The molecule has 3 N–H and O–H groups in total. The number of nitrogens with zero attached hydrogens (tertiary/aromatic N) is 8. The molecule has 9 rings (SSSR count). The van der Waals surface area contributed by atoms with E-state index in [0.29, 0.717) is 30.4 Å². The predicted molar refractivity (Wildman–Crippen MR) is 250 cm³/mol. The Kier molecular flexibility index (Phi) is 12.0. The minimum Gasteiger partial charge on any atom is -0.495 e. The lowest BCUT2D eigenvalue weighted by Gasteiger charge is -2.40. The fourth-order valence-electron chi connectivity index (χ4n) is 9.24. The number of hydrogen-bond acceptors (Lipinski definition) is 12. The number of hydrogen-bond donors (Lipinski definition) is 3. The van der Waals surface area contributed by atoms with E-state index in [4.69, 9.17) is 14.2 Å². The highest BCUT2D eigenvalue weighted by Crippen LogP contribution is 2.37. The molecular formula is C49H57N11O5. The van der Waals surface area contributed by atoms with Gasteiger partial charge in [0.05, 0.1) is 24.5 Å². The molecule has 338 valence electrons. The fraction of sp³-hybridized carbons (Fsp3) is 0.408. The second-order valence-corrected chi connectivity index (χ2v) is 18.5. The zero-order chi connectivity index (χ0) is 45.4. The Hall–Kier alpha value is -6.81. The molecule has 3 aliphatic rings. The van der Waals surface area contributed by atoms with Crippen LogP contribution in [0.3, 0.4) is 0 Å². The standard InChI is InChI=1S/C49H57N11O5/c1-30-25-34(7-13-38(30)31(2)51-46(62)45-53-47(65-56-45)49(3,4)5)43-39-26-35(28-50-44(39)55-54-43)33-8-14-40(41(27-33)64-6)59-23-21-57(22-24-59)29-32-15-18-58(19-16-32)36-9-11-37(12-10-36)60-20-17-42(61)52-48(60)63/h7-14,25-28,31-32H,15-24,29H2,1-6H3,(H,51,62)(H,50,54,55)(H,52,61,63)/t31-/m1/s1. The zero-order valence-corrected chi connectivity index (χ0v) is 38.0. The van der Waals surface area contributed by atoms with E-state index in [2.05, 4.69) is 88.1 Å². The number of nitrogens with one attached hydrogen (secondary N) is 3. The summed E-state index contributed by atoms with van der Waals surface area (Å²) in [6, 6.07) is 22.2. The van der Waals surface area contributed by atoms with Crippen molar-refractivity contribution < 1.29 is 23.6 Å². The van der Waals surface area contributed by atoms with E-state index in [-0.39, 0.29) is 35.1 Å². The molecule has 0 spiro atoms. The van der Waals surface area contributed by atoms with E-state index in [1.165, 1.54) is 5.69 Å². The molecule has 0 radical (unpaired) electrons. The number of carbonyl (C=O) groups is 3. The van der Waals surface area contributed by atoms with Crippen LogP contribution in [-0.2, 0) is 10.2 Å². The van der Waals surface area contributed by atoms with Crippen molar-refractivity contribution in [1.82, 2.24) is 40.9 Å². The molecule has 4 amide bonds. The van der Waals surface area contributed by atoms with Crippen LogP contribution < -0.4 is 30.1 Å². The number of piperidine rings is 1. The monoisotopic (exact) mass is 879 g/mol. The van der Waals surface area contributed by atoms with E-state index in [1.54, 1.807) is 12.0 Å². The third-order valence-corrected chi connectivity index (χ3v) is 13.0. The first-order valence-corrected chi connectivity index (χ1v) is 22.5. The number of amides is 4. The lowest BCUT2D eigenvalue weighted by Crippen LogP contribution is -2.49. The van der Waals surface area contributed by atoms with Gasteiger partial charge < -0.3 is 24.4 Å². The summed E-state index contributed by atoms with van der Waals surface area (Å²) >= 11 is 0. The minimum atomic E-state index is -0.389. The number of carbonyl (C=O) groups excluding carboxylic acids is 3. The van der Waals surface area contributed by atoms with E-state index in [9.17, 15) is 14.4 Å². The van der Waals surface area contributed by atoms with Crippen LogP contribution in [-0.4, -0.2) is 108 Å². The van der Waals surface area contributed by atoms with Crippen LogP contribution in [0.15, 0.2) is 77.4 Å². The lowest BCUT2D eigenvalue weighted by molar-refractivity contribution is -0.120. The number of methoxy groups -OCH3 is 1. The number of urea groups is 1. The van der Waals surface area contributed by atoms with E-state index >= 15 is 0 Å². The quantitative estimate of drug-likeness (QED) is 0.119. The number of H-pyrrole nitrogens is 1. The Labute approximate surface area is 378 Å². The summed E-state index contributed by atoms with van der Waals surface area (Å²) < 4.78 is 11.3. The Balaban J connectivity index is 0.795. The largest absolute Gasteiger partial charge is 0.495 e.